The van der Waals surface area contributed by atoms with Crippen LogP contribution in [0.1, 0.15) is 18.9 Å². The molecular weight excluding hydrogens is 419 g/mol. The zero-order chi connectivity index (χ0) is 20.1. The molecule has 0 atom stereocenters. The first-order valence-electron chi connectivity index (χ1n) is 8.55. The van der Waals surface area contributed by atoms with Gasteiger partial charge in [-0.25, -0.2) is 4.99 Å². The highest BCUT2D eigenvalue weighted by atomic mass is 35.5. The van der Waals surface area contributed by atoms with Crippen molar-refractivity contribution in [3.8, 4) is 11.5 Å². The second kappa shape index (κ2) is 9.37. The minimum absolute atomic E-state index is 0.223. The zero-order valence-corrected chi connectivity index (χ0v) is 17.6. The van der Waals surface area contributed by atoms with Gasteiger partial charge in [-0.2, -0.15) is 0 Å². The maximum Gasteiger partial charge on any atom is 0.264 e. The fraction of sp³-hybridized carbons (Fsp3) is 0.200. The number of halogens is 2. The van der Waals surface area contributed by atoms with E-state index < -0.39 is 0 Å². The number of ether oxygens (including phenoxy) is 2. The van der Waals surface area contributed by atoms with Crippen molar-refractivity contribution in [2.24, 2.45) is 4.99 Å². The summed E-state index contributed by atoms with van der Waals surface area (Å²) in [4.78, 5) is 17.2. The van der Waals surface area contributed by atoms with Gasteiger partial charge in [0.2, 0.25) is 0 Å². The standard InChI is InChI=1S/C20H18Cl2N2O3S/c1-3-8-27-18-15(22)9-12(10-16(18)26-2)11-17-19(25)24-20(28-17)23-14-6-4-13(21)5-7-14/h4-7,9-11H,3,8H2,1-2H3,(H,23,24,25). The van der Waals surface area contributed by atoms with Crippen molar-refractivity contribution in [1.82, 2.24) is 5.32 Å². The smallest absolute Gasteiger partial charge is 0.264 e. The van der Waals surface area contributed by atoms with Gasteiger partial charge in [0, 0.05) is 5.02 Å². The van der Waals surface area contributed by atoms with E-state index in [2.05, 4.69) is 10.3 Å². The third-order valence-electron chi connectivity index (χ3n) is 3.71. The van der Waals surface area contributed by atoms with Gasteiger partial charge in [0.05, 0.1) is 29.3 Å². The number of rotatable bonds is 6. The number of hydrogen-bond donors (Lipinski definition) is 1. The lowest BCUT2D eigenvalue weighted by molar-refractivity contribution is -0.115. The van der Waals surface area contributed by atoms with E-state index in [9.17, 15) is 4.79 Å². The number of nitrogens with one attached hydrogen (secondary N) is 1. The summed E-state index contributed by atoms with van der Waals surface area (Å²) in [6.45, 7) is 2.55. The van der Waals surface area contributed by atoms with Crippen LogP contribution in [0.4, 0.5) is 5.69 Å². The molecule has 1 saturated heterocycles. The first-order valence-corrected chi connectivity index (χ1v) is 10.1. The van der Waals surface area contributed by atoms with Crippen LogP contribution >= 0.6 is 35.0 Å². The average Bonchev–Trinajstić information content (AvgIpc) is 3.01. The van der Waals surface area contributed by atoms with Gasteiger partial charge >= 0.3 is 0 Å². The summed E-state index contributed by atoms with van der Waals surface area (Å²) in [5.74, 6) is 0.798. The van der Waals surface area contributed by atoms with Gasteiger partial charge in [-0.05, 0) is 66.2 Å². The number of hydrogen-bond acceptors (Lipinski definition) is 5. The summed E-state index contributed by atoms with van der Waals surface area (Å²) in [7, 11) is 1.55. The second-order valence-electron chi connectivity index (χ2n) is 5.84. The van der Waals surface area contributed by atoms with Crippen LogP contribution in [0.5, 0.6) is 11.5 Å². The van der Waals surface area contributed by atoms with Gasteiger partial charge in [-0.1, -0.05) is 30.1 Å². The molecule has 0 radical (unpaired) electrons. The fourth-order valence-corrected chi connectivity index (χ4v) is 3.67. The highest BCUT2D eigenvalue weighted by molar-refractivity contribution is 8.18. The number of carbonyl (C=O) groups is 1. The molecule has 2 aromatic carbocycles. The van der Waals surface area contributed by atoms with Crippen molar-refractivity contribution in [2.45, 2.75) is 13.3 Å². The minimum Gasteiger partial charge on any atom is -0.493 e. The monoisotopic (exact) mass is 436 g/mol. The third kappa shape index (κ3) is 5.01. The van der Waals surface area contributed by atoms with Crippen LogP contribution in [-0.4, -0.2) is 24.8 Å². The fourth-order valence-electron chi connectivity index (χ4n) is 2.43. The number of aliphatic imine (C=N–C) groups is 1. The van der Waals surface area contributed by atoms with Crippen LogP contribution in [0.3, 0.4) is 0 Å². The van der Waals surface area contributed by atoms with Crippen molar-refractivity contribution in [3.63, 3.8) is 0 Å². The Kier molecular flexibility index (Phi) is 6.88. The highest BCUT2D eigenvalue weighted by Gasteiger charge is 2.24. The van der Waals surface area contributed by atoms with Crippen LogP contribution in [0.2, 0.25) is 10.0 Å². The van der Waals surface area contributed by atoms with E-state index in [4.69, 9.17) is 32.7 Å². The Hall–Kier alpha value is -2.15. The number of carbonyl (C=O) groups excluding carboxylic acids is 1. The van der Waals surface area contributed by atoms with Gasteiger partial charge < -0.3 is 14.8 Å². The Labute approximate surface area is 177 Å². The largest absolute Gasteiger partial charge is 0.493 e. The Morgan fingerprint density at radius 1 is 1.21 bits per heavy atom. The summed E-state index contributed by atoms with van der Waals surface area (Å²) in [5, 5.41) is 4.31. The molecule has 0 bridgehead atoms. The molecule has 0 unspecified atom stereocenters. The lowest BCUT2D eigenvalue weighted by Crippen LogP contribution is -2.19. The number of nitrogens with zero attached hydrogens (tertiary/aromatic N) is 1. The molecule has 0 aromatic heterocycles. The number of amidine groups is 1. The lowest BCUT2D eigenvalue weighted by Gasteiger charge is -2.12. The summed E-state index contributed by atoms with van der Waals surface area (Å²) in [6.07, 6.45) is 2.60. The molecule has 8 heteroatoms. The molecule has 1 heterocycles. The molecule has 1 fully saturated rings. The van der Waals surface area contributed by atoms with E-state index in [1.807, 2.05) is 6.92 Å². The molecule has 0 aliphatic carbocycles. The van der Waals surface area contributed by atoms with E-state index in [-0.39, 0.29) is 5.91 Å². The molecule has 0 saturated carbocycles. The Morgan fingerprint density at radius 2 is 1.96 bits per heavy atom. The Bertz CT molecular complexity index is 943. The molecular formula is C20H18Cl2N2O3S. The molecule has 1 N–H and O–H groups in total. The van der Waals surface area contributed by atoms with Crippen LogP contribution in [0, 0.1) is 0 Å². The van der Waals surface area contributed by atoms with E-state index in [0.717, 1.165) is 12.0 Å². The number of amides is 1. The number of thioether (sulfide) groups is 1. The molecule has 1 aliphatic heterocycles. The maximum absolute atomic E-state index is 12.3. The van der Waals surface area contributed by atoms with Crippen molar-refractivity contribution in [1.29, 1.82) is 0 Å². The van der Waals surface area contributed by atoms with Gasteiger partial charge in [0.25, 0.3) is 5.91 Å². The van der Waals surface area contributed by atoms with E-state index >= 15 is 0 Å². The molecule has 146 valence electrons. The van der Waals surface area contributed by atoms with Gasteiger partial charge in [-0.15, -0.1) is 0 Å². The first-order chi connectivity index (χ1) is 13.5. The molecule has 28 heavy (non-hydrogen) atoms. The average molecular weight is 437 g/mol. The van der Waals surface area contributed by atoms with Crippen LogP contribution < -0.4 is 14.8 Å². The Balaban J connectivity index is 1.84. The quantitative estimate of drug-likeness (QED) is 0.591. The predicted molar refractivity (Wildman–Crippen MR) is 116 cm³/mol. The van der Waals surface area contributed by atoms with Gasteiger partial charge in [0.1, 0.15) is 0 Å². The van der Waals surface area contributed by atoms with Crippen LogP contribution in [-0.2, 0) is 4.79 Å². The van der Waals surface area contributed by atoms with E-state index in [0.29, 0.717) is 43.9 Å². The topological polar surface area (TPSA) is 59.9 Å². The summed E-state index contributed by atoms with van der Waals surface area (Å²) >= 11 is 13.5. The van der Waals surface area contributed by atoms with Crippen LogP contribution in [0.25, 0.3) is 6.08 Å². The third-order valence-corrected chi connectivity index (χ3v) is 5.15. The van der Waals surface area contributed by atoms with Gasteiger partial charge in [-0.3, -0.25) is 4.79 Å². The SMILES string of the molecule is CCCOc1c(Cl)cc(C=C2SC(=Nc3ccc(Cl)cc3)NC2=O)cc1OC. The van der Waals surface area contributed by atoms with Gasteiger partial charge in [0.15, 0.2) is 16.7 Å². The summed E-state index contributed by atoms with van der Waals surface area (Å²) in [5.41, 5.74) is 1.44. The summed E-state index contributed by atoms with van der Waals surface area (Å²) in [6, 6.07) is 10.6. The zero-order valence-electron chi connectivity index (χ0n) is 15.3. The van der Waals surface area contributed by atoms with Crippen molar-refractivity contribution in [3.05, 3.63) is 56.9 Å². The molecule has 3 rings (SSSR count). The van der Waals surface area contributed by atoms with E-state index in [1.165, 1.54) is 11.8 Å². The van der Waals surface area contributed by atoms with Crippen molar-refractivity contribution >= 4 is 57.8 Å². The molecule has 2 aromatic rings. The highest BCUT2D eigenvalue weighted by Crippen LogP contribution is 2.38. The van der Waals surface area contributed by atoms with E-state index in [1.54, 1.807) is 49.6 Å². The van der Waals surface area contributed by atoms with Crippen molar-refractivity contribution in [2.75, 3.05) is 13.7 Å². The molecule has 0 spiro atoms. The molecule has 1 amide bonds. The first kappa shape index (κ1) is 20.6. The minimum atomic E-state index is -0.223. The van der Waals surface area contributed by atoms with Crippen molar-refractivity contribution < 1.29 is 14.3 Å². The normalized spacial score (nSPS) is 16.5. The number of benzene rings is 2. The second-order valence-corrected chi connectivity index (χ2v) is 7.72. The van der Waals surface area contributed by atoms with Crippen LogP contribution in [0.15, 0.2) is 46.3 Å². The number of methoxy groups -OCH3 is 1. The predicted octanol–water partition coefficient (Wildman–Crippen LogP) is 5.68. The lowest BCUT2D eigenvalue weighted by atomic mass is 10.2. The summed E-state index contributed by atoms with van der Waals surface area (Å²) < 4.78 is 11.0. The molecule has 5 nitrogen and oxygen atoms in total. The molecule has 1 aliphatic rings. The maximum atomic E-state index is 12.3. The Morgan fingerprint density at radius 3 is 2.64 bits per heavy atom.